The third-order valence-corrected chi connectivity index (χ3v) is 7.36. The molecular weight excluding hydrogens is 468 g/mol. The van der Waals surface area contributed by atoms with E-state index in [1.165, 1.54) is 4.90 Å². The number of fused-ring (bicyclic) bond motifs is 2. The standard InChI is InChI=1S/C28H34N6O3/c1-5-31-19-30-15-22(31)18-34-27(36)33(17-21-7-6-11-29-14-21)26(35)28(34)10-12-32(16-20(2)3)25-13-23(37-4)8-9-24(25)28/h6-9,11,13-15,19-20H,5,10,12,16-18H2,1-4H3. The largest absolute Gasteiger partial charge is 0.497 e. The summed E-state index contributed by atoms with van der Waals surface area (Å²) in [5, 5.41) is 0. The number of aryl methyl sites for hydroxylation is 1. The first-order valence-corrected chi connectivity index (χ1v) is 12.8. The van der Waals surface area contributed by atoms with Crippen molar-refractivity contribution in [2.24, 2.45) is 5.92 Å². The average Bonchev–Trinajstić information content (AvgIpc) is 3.44. The molecule has 1 fully saturated rings. The Hall–Kier alpha value is -3.88. The van der Waals surface area contributed by atoms with Gasteiger partial charge in [0.25, 0.3) is 5.91 Å². The van der Waals surface area contributed by atoms with Gasteiger partial charge in [0.1, 0.15) is 5.75 Å². The molecule has 0 saturated carbocycles. The Morgan fingerprint density at radius 2 is 1.95 bits per heavy atom. The van der Waals surface area contributed by atoms with Gasteiger partial charge in [-0.3, -0.25) is 19.6 Å². The molecule has 1 saturated heterocycles. The van der Waals surface area contributed by atoms with Crippen LogP contribution in [-0.4, -0.2) is 56.5 Å². The SMILES string of the molecule is CCn1cncc1CN1C(=O)N(Cc2cccnc2)C(=O)C12CCN(CC(C)C)c1cc(OC)ccc12. The predicted molar refractivity (Wildman–Crippen MR) is 140 cm³/mol. The van der Waals surface area contributed by atoms with Gasteiger partial charge in [0.15, 0.2) is 5.54 Å². The first kappa shape index (κ1) is 24.8. The number of nitrogens with zero attached hydrogens (tertiary/aromatic N) is 6. The molecule has 0 bridgehead atoms. The average molecular weight is 503 g/mol. The molecule has 9 nitrogen and oxygen atoms in total. The van der Waals surface area contributed by atoms with Crippen molar-refractivity contribution in [3.63, 3.8) is 0 Å². The van der Waals surface area contributed by atoms with Crippen LogP contribution in [0.2, 0.25) is 0 Å². The van der Waals surface area contributed by atoms with Gasteiger partial charge in [0.05, 0.1) is 32.2 Å². The minimum atomic E-state index is -1.11. The van der Waals surface area contributed by atoms with Crippen LogP contribution in [0.25, 0.3) is 0 Å². The number of imidazole rings is 1. The quantitative estimate of drug-likeness (QED) is 0.433. The number of aromatic nitrogens is 3. The van der Waals surface area contributed by atoms with E-state index in [9.17, 15) is 9.59 Å². The lowest BCUT2D eigenvalue weighted by molar-refractivity contribution is -0.134. The molecule has 37 heavy (non-hydrogen) atoms. The molecule has 1 unspecified atom stereocenters. The number of pyridine rings is 1. The molecule has 9 heteroatoms. The second kappa shape index (κ2) is 9.88. The number of benzene rings is 1. The number of methoxy groups -OCH3 is 1. The molecule has 1 aromatic carbocycles. The third kappa shape index (κ3) is 4.22. The highest BCUT2D eigenvalue weighted by Gasteiger charge is 2.60. The van der Waals surface area contributed by atoms with E-state index in [2.05, 4.69) is 28.7 Å². The Bertz CT molecular complexity index is 1290. The summed E-state index contributed by atoms with van der Waals surface area (Å²) < 4.78 is 7.57. The number of hydrogen-bond acceptors (Lipinski definition) is 6. The summed E-state index contributed by atoms with van der Waals surface area (Å²) in [6.07, 6.45) is 7.44. The highest BCUT2D eigenvalue weighted by molar-refractivity contribution is 6.08. The van der Waals surface area contributed by atoms with Crippen molar-refractivity contribution in [2.75, 3.05) is 25.1 Å². The second-order valence-corrected chi connectivity index (χ2v) is 10.1. The Morgan fingerprint density at radius 3 is 2.65 bits per heavy atom. The maximum absolute atomic E-state index is 14.4. The van der Waals surface area contributed by atoms with Crippen LogP contribution in [0.4, 0.5) is 10.5 Å². The van der Waals surface area contributed by atoms with Gasteiger partial charge in [-0.15, -0.1) is 0 Å². The van der Waals surface area contributed by atoms with Crippen molar-refractivity contribution in [3.8, 4) is 5.75 Å². The van der Waals surface area contributed by atoms with Gasteiger partial charge in [0.2, 0.25) is 0 Å². The smallest absolute Gasteiger partial charge is 0.328 e. The van der Waals surface area contributed by atoms with Gasteiger partial charge >= 0.3 is 6.03 Å². The number of carbonyl (C=O) groups excluding carboxylic acids is 2. The molecule has 0 radical (unpaired) electrons. The Balaban J connectivity index is 1.64. The van der Waals surface area contributed by atoms with Crippen molar-refractivity contribution in [2.45, 2.75) is 52.4 Å². The van der Waals surface area contributed by atoms with Crippen LogP contribution >= 0.6 is 0 Å². The van der Waals surface area contributed by atoms with Crippen LogP contribution in [0.15, 0.2) is 55.2 Å². The number of rotatable bonds is 8. The summed E-state index contributed by atoms with van der Waals surface area (Å²) in [5.74, 6) is 0.967. The van der Waals surface area contributed by atoms with E-state index in [1.807, 2.05) is 41.8 Å². The number of imide groups is 1. The molecule has 2 aromatic heterocycles. The second-order valence-electron chi connectivity index (χ2n) is 10.1. The molecule has 1 spiro atoms. The van der Waals surface area contributed by atoms with Crippen LogP contribution in [0.3, 0.4) is 0 Å². The van der Waals surface area contributed by atoms with E-state index in [0.29, 0.717) is 18.9 Å². The van der Waals surface area contributed by atoms with Crippen molar-refractivity contribution in [1.82, 2.24) is 24.3 Å². The lowest BCUT2D eigenvalue weighted by Crippen LogP contribution is -2.53. The highest BCUT2D eigenvalue weighted by Crippen LogP contribution is 2.49. The van der Waals surface area contributed by atoms with Gasteiger partial charge in [-0.1, -0.05) is 26.0 Å². The molecule has 3 aromatic rings. The number of ether oxygens (including phenoxy) is 1. The van der Waals surface area contributed by atoms with Gasteiger partial charge < -0.3 is 14.2 Å². The normalized spacial score (nSPS) is 19.3. The molecule has 3 amide bonds. The monoisotopic (exact) mass is 502 g/mol. The van der Waals surface area contributed by atoms with Crippen molar-refractivity contribution >= 4 is 17.6 Å². The molecular formula is C28H34N6O3. The zero-order chi connectivity index (χ0) is 26.2. The van der Waals surface area contributed by atoms with E-state index < -0.39 is 5.54 Å². The Kier molecular flexibility index (Phi) is 6.62. The van der Waals surface area contributed by atoms with Gasteiger partial charge in [-0.25, -0.2) is 9.78 Å². The zero-order valence-electron chi connectivity index (χ0n) is 21.9. The van der Waals surface area contributed by atoms with Crippen LogP contribution in [0, 0.1) is 5.92 Å². The zero-order valence-corrected chi connectivity index (χ0v) is 21.9. The van der Waals surface area contributed by atoms with E-state index in [0.717, 1.165) is 41.3 Å². The van der Waals surface area contributed by atoms with Crippen molar-refractivity contribution in [3.05, 3.63) is 72.1 Å². The fraction of sp³-hybridized carbons (Fsp3) is 0.429. The summed E-state index contributed by atoms with van der Waals surface area (Å²) in [6.45, 7) is 9.11. The van der Waals surface area contributed by atoms with Crippen molar-refractivity contribution < 1.29 is 14.3 Å². The first-order chi connectivity index (χ1) is 17.9. The molecule has 2 aliphatic heterocycles. The number of carbonyl (C=O) groups is 2. The maximum Gasteiger partial charge on any atom is 0.328 e. The van der Waals surface area contributed by atoms with Crippen LogP contribution < -0.4 is 9.64 Å². The number of amides is 3. The lowest BCUT2D eigenvalue weighted by Gasteiger charge is -2.45. The highest BCUT2D eigenvalue weighted by atomic mass is 16.5. The van der Waals surface area contributed by atoms with E-state index in [4.69, 9.17) is 4.74 Å². The van der Waals surface area contributed by atoms with E-state index in [1.54, 1.807) is 36.9 Å². The predicted octanol–water partition coefficient (Wildman–Crippen LogP) is 4.03. The molecule has 194 valence electrons. The number of anilines is 1. The molecule has 0 N–H and O–H groups in total. The first-order valence-electron chi connectivity index (χ1n) is 12.8. The van der Waals surface area contributed by atoms with Crippen LogP contribution in [0.1, 0.15) is 44.0 Å². The fourth-order valence-corrected chi connectivity index (χ4v) is 5.61. The summed E-state index contributed by atoms with van der Waals surface area (Å²) in [6, 6.07) is 9.25. The minimum Gasteiger partial charge on any atom is -0.497 e. The summed E-state index contributed by atoms with van der Waals surface area (Å²) in [5.41, 5.74) is 2.38. The molecule has 5 rings (SSSR count). The van der Waals surface area contributed by atoms with Gasteiger partial charge in [-0.05, 0) is 30.5 Å². The lowest BCUT2D eigenvalue weighted by atomic mass is 9.80. The molecule has 2 aliphatic rings. The third-order valence-electron chi connectivity index (χ3n) is 7.36. The van der Waals surface area contributed by atoms with E-state index >= 15 is 0 Å². The number of hydrogen-bond donors (Lipinski definition) is 0. The van der Waals surface area contributed by atoms with Crippen LogP contribution in [-0.2, 0) is 30.0 Å². The topological polar surface area (TPSA) is 83.8 Å². The Morgan fingerprint density at radius 1 is 1.11 bits per heavy atom. The Labute approximate surface area is 217 Å². The summed E-state index contributed by atoms with van der Waals surface area (Å²) >= 11 is 0. The summed E-state index contributed by atoms with van der Waals surface area (Å²) in [7, 11) is 1.64. The molecule has 4 heterocycles. The fourth-order valence-electron chi connectivity index (χ4n) is 5.61. The molecule has 0 aliphatic carbocycles. The van der Waals surface area contributed by atoms with Gasteiger partial charge in [0, 0.05) is 62.0 Å². The van der Waals surface area contributed by atoms with E-state index in [-0.39, 0.29) is 25.0 Å². The number of urea groups is 1. The van der Waals surface area contributed by atoms with Crippen molar-refractivity contribution in [1.29, 1.82) is 0 Å². The summed E-state index contributed by atoms with van der Waals surface area (Å²) in [4.78, 5) is 42.4. The van der Waals surface area contributed by atoms with Crippen LogP contribution in [0.5, 0.6) is 5.75 Å². The minimum absolute atomic E-state index is 0.179. The van der Waals surface area contributed by atoms with Gasteiger partial charge in [-0.2, -0.15) is 0 Å². The maximum atomic E-state index is 14.4. The molecule has 1 atom stereocenters.